The highest BCUT2D eigenvalue weighted by atomic mass is 16.3. The van der Waals surface area contributed by atoms with Crippen LogP contribution in [0.2, 0.25) is 0 Å². The molecule has 0 saturated carbocycles. The van der Waals surface area contributed by atoms with Gasteiger partial charge in [-0.1, -0.05) is 29.8 Å². The average Bonchev–Trinajstić information content (AvgIpc) is 3.03. The zero-order chi connectivity index (χ0) is 19.2. The zero-order valence-electron chi connectivity index (χ0n) is 15.7. The molecule has 1 aliphatic carbocycles. The van der Waals surface area contributed by atoms with E-state index in [0.29, 0.717) is 6.54 Å². The molecule has 6 heteroatoms. The monoisotopic (exact) mass is 369 g/mol. The van der Waals surface area contributed by atoms with E-state index in [1.165, 1.54) is 18.4 Å². The first-order valence-corrected chi connectivity index (χ1v) is 9.52. The summed E-state index contributed by atoms with van der Waals surface area (Å²) < 4.78 is 1.93. The molecule has 0 saturated heterocycles. The van der Waals surface area contributed by atoms with Crippen molar-refractivity contribution in [1.82, 2.24) is 15.2 Å². The summed E-state index contributed by atoms with van der Waals surface area (Å²) in [6, 6.07) is 7.75. The number of fused-ring (bicyclic) bond motifs is 1. The lowest BCUT2D eigenvalue weighted by molar-refractivity contribution is -0.139. The van der Waals surface area contributed by atoms with Gasteiger partial charge in [0.2, 0.25) is 0 Å². The number of nitrogens with one attached hydrogen (secondary N) is 2. The molecular formula is C21H27N3O3. The number of nitrogens with zero attached hydrogens (tertiary/aromatic N) is 1. The number of aromatic nitrogens is 1. The third kappa shape index (κ3) is 4.77. The molecule has 0 bridgehead atoms. The Kier molecular flexibility index (Phi) is 6.29. The predicted molar refractivity (Wildman–Crippen MR) is 105 cm³/mol. The number of aliphatic hydroxyl groups is 1. The van der Waals surface area contributed by atoms with E-state index in [2.05, 4.69) is 16.7 Å². The van der Waals surface area contributed by atoms with E-state index in [1.54, 1.807) is 0 Å². The molecule has 1 aromatic carbocycles. The summed E-state index contributed by atoms with van der Waals surface area (Å²) in [7, 11) is 1.91. The number of para-hydroxylation sites is 1. The molecule has 0 spiro atoms. The van der Waals surface area contributed by atoms with Gasteiger partial charge in [0.25, 0.3) is 0 Å². The number of aryl methyl sites for hydroxylation is 1. The Balaban J connectivity index is 1.47. The fourth-order valence-electron chi connectivity index (χ4n) is 3.57. The number of benzene rings is 1. The van der Waals surface area contributed by atoms with E-state index in [9.17, 15) is 14.7 Å². The molecule has 6 nitrogen and oxygen atoms in total. The van der Waals surface area contributed by atoms with Gasteiger partial charge in [-0.15, -0.1) is 0 Å². The molecule has 0 radical (unpaired) electrons. The van der Waals surface area contributed by atoms with Crippen LogP contribution in [0.5, 0.6) is 0 Å². The summed E-state index contributed by atoms with van der Waals surface area (Å²) in [4.78, 5) is 23.9. The van der Waals surface area contributed by atoms with E-state index in [-0.39, 0.29) is 6.54 Å². The summed E-state index contributed by atoms with van der Waals surface area (Å²) in [6.45, 7) is 0.454. The van der Waals surface area contributed by atoms with E-state index >= 15 is 0 Å². The number of allylic oxidation sites excluding steroid dienone is 1. The molecule has 1 heterocycles. The van der Waals surface area contributed by atoms with Gasteiger partial charge in [-0.25, -0.2) is 0 Å². The summed E-state index contributed by atoms with van der Waals surface area (Å²) in [5.74, 6) is -1.37. The van der Waals surface area contributed by atoms with E-state index in [0.717, 1.165) is 35.7 Å². The topological polar surface area (TPSA) is 83.4 Å². The molecule has 2 amide bonds. The number of rotatable bonds is 6. The van der Waals surface area contributed by atoms with Crippen LogP contribution in [0.4, 0.5) is 0 Å². The molecule has 1 aromatic heterocycles. The zero-order valence-corrected chi connectivity index (χ0v) is 15.7. The second kappa shape index (κ2) is 8.86. The number of hydrogen-bond acceptors (Lipinski definition) is 3. The largest absolute Gasteiger partial charge is 0.386 e. The minimum absolute atomic E-state index is 0.00852. The molecule has 144 valence electrons. The van der Waals surface area contributed by atoms with Crippen LogP contribution >= 0.6 is 0 Å². The molecule has 1 aliphatic rings. The number of aliphatic hydroxyl groups excluding tert-OH is 1. The van der Waals surface area contributed by atoms with Crippen molar-refractivity contribution in [1.29, 1.82) is 0 Å². The maximum atomic E-state index is 12.0. The molecule has 2 aromatic rings. The van der Waals surface area contributed by atoms with Gasteiger partial charge in [0, 0.05) is 42.8 Å². The first-order valence-electron chi connectivity index (χ1n) is 9.52. The molecule has 0 aliphatic heterocycles. The van der Waals surface area contributed by atoms with Crippen LogP contribution in [0.3, 0.4) is 0 Å². The lowest BCUT2D eigenvalue weighted by Crippen LogP contribution is -2.41. The number of carbonyl (C=O) groups is 2. The van der Waals surface area contributed by atoms with Crippen molar-refractivity contribution in [2.24, 2.45) is 7.05 Å². The summed E-state index contributed by atoms with van der Waals surface area (Å²) in [5.41, 5.74) is 3.10. The molecule has 27 heavy (non-hydrogen) atoms. The Bertz CT molecular complexity index is 853. The van der Waals surface area contributed by atoms with Crippen molar-refractivity contribution in [3.63, 3.8) is 0 Å². The van der Waals surface area contributed by atoms with Gasteiger partial charge >= 0.3 is 11.8 Å². The van der Waals surface area contributed by atoms with Crippen LogP contribution in [0.1, 0.15) is 43.8 Å². The molecule has 0 unspecified atom stereocenters. The van der Waals surface area contributed by atoms with Crippen LogP contribution < -0.4 is 10.6 Å². The number of hydrogen-bond donors (Lipinski definition) is 3. The smallest absolute Gasteiger partial charge is 0.309 e. The van der Waals surface area contributed by atoms with Crippen molar-refractivity contribution >= 4 is 22.7 Å². The Morgan fingerprint density at radius 2 is 1.96 bits per heavy atom. The van der Waals surface area contributed by atoms with Gasteiger partial charge in [-0.05, 0) is 38.2 Å². The van der Waals surface area contributed by atoms with Crippen LogP contribution in [0.15, 0.2) is 42.1 Å². The van der Waals surface area contributed by atoms with Gasteiger partial charge in [0.15, 0.2) is 0 Å². The Morgan fingerprint density at radius 1 is 1.19 bits per heavy atom. The van der Waals surface area contributed by atoms with E-state index < -0.39 is 17.9 Å². The lowest BCUT2D eigenvalue weighted by atomic mass is 9.97. The summed E-state index contributed by atoms with van der Waals surface area (Å²) in [5, 5.41) is 16.5. The highest BCUT2D eigenvalue weighted by Gasteiger charge is 2.18. The maximum absolute atomic E-state index is 12.0. The highest BCUT2D eigenvalue weighted by Crippen LogP contribution is 2.25. The van der Waals surface area contributed by atoms with E-state index in [4.69, 9.17) is 0 Å². The standard InChI is InChI=1S/C21H27N3O3/c1-24-14-17(16-9-5-6-10-18(16)24)19(25)13-23-21(27)20(26)22-12-11-15-7-3-2-4-8-15/h5-7,9-10,14,19,25H,2-4,8,11-13H2,1H3,(H,22,26)(H,23,27)/t19-/m1/s1. The normalized spacial score (nSPS) is 15.3. The minimum Gasteiger partial charge on any atom is -0.386 e. The van der Waals surface area contributed by atoms with E-state index in [1.807, 2.05) is 42.1 Å². The van der Waals surface area contributed by atoms with Crippen molar-refractivity contribution < 1.29 is 14.7 Å². The lowest BCUT2D eigenvalue weighted by Gasteiger charge is -2.13. The molecule has 3 rings (SSSR count). The van der Waals surface area contributed by atoms with Gasteiger partial charge in [-0.2, -0.15) is 0 Å². The van der Waals surface area contributed by atoms with Crippen LogP contribution in [-0.4, -0.2) is 34.6 Å². The third-order valence-corrected chi connectivity index (χ3v) is 5.07. The van der Waals surface area contributed by atoms with Crippen LogP contribution in [0, 0.1) is 0 Å². The number of carbonyl (C=O) groups excluding carboxylic acids is 2. The molecular weight excluding hydrogens is 342 g/mol. The predicted octanol–water partition coefficient (Wildman–Crippen LogP) is 2.33. The third-order valence-electron chi connectivity index (χ3n) is 5.07. The first kappa shape index (κ1) is 19.2. The minimum atomic E-state index is -0.875. The van der Waals surface area contributed by atoms with Gasteiger partial charge in [-0.3, -0.25) is 9.59 Å². The second-order valence-corrected chi connectivity index (χ2v) is 7.05. The molecule has 3 N–H and O–H groups in total. The SMILES string of the molecule is Cn1cc([C@H](O)CNC(=O)C(=O)NCCC2=CCCCC2)c2ccccc21. The average molecular weight is 369 g/mol. The second-order valence-electron chi connectivity index (χ2n) is 7.05. The Hall–Kier alpha value is -2.60. The number of amides is 2. The fraction of sp³-hybridized carbons (Fsp3) is 0.429. The first-order chi connectivity index (χ1) is 13.1. The Morgan fingerprint density at radius 3 is 2.74 bits per heavy atom. The van der Waals surface area contributed by atoms with Gasteiger partial charge in [0.05, 0.1) is 6.10 Å². The van der Waals surface area contributed by atoms with Gasteiger partial charge in [0.1, 0.15) is 0 Å². The van der Waals surface area contributed by atoms with Crippen LogP contribution in [-0.2, 0) is 16.6 Å². The van der Waals surface area contributed by atoms with Crippen LogP contribution in [0.25, 0.3) is 10.9 Å². The van der Waals surface area contributed by atoms with Gasteiger partial charge < -0.3 is 20.3 Å². The highest BCUT2D eigenvalue weighted by molar-refractivity contribution is 6.35. The fourth-order valence-corrected chi connectivity index (χ4v) is 3.57. The van der Waals surface area contributed by atoms with Crippen molar-refractivity contribution in [2.45, 2.75) is 38.2 Å². The summed E-state index contributed by atoms with van der Waals surface area (Å²) in [6.07, 6.45) is 8.62. The summed E-state index contributed by atoms with van der Waals surface area (Å²) >= 11 is 0. The molecule has 0 fully saturated rings. The van der Waals surface area contributed by atoms with Crippen molar-refractivity contribution in [3.8, 4) is 0 Å². The van der Waals surface area contributed by atoms with Crippen molar-refractivity contribution in [3.05, 3.63) is 47.7 Å². The Labute approximate surface area is 159 Å². The quantitative estimate of drug-likeness (QED) is 0.540. The molecule has 1 atom stereocenters. The van der Waals surface area contributed by atoms with Crippen molar-refractivity contribution in [2.75, 3.05) is 13.1 Å². The maximum Gasteiger partial charge on any atom is 0.309 e.